The second kappa shape index (κ2) is 4.68. The quantitative estimate of drug-likeness (QED) is 0.758. The molecular formula is C15H31N. The van der Waals surface area contributed by atoms with Crippen molar-refractivity contribution in [3.8, 4) is 0 Å². The molecule has 0 aliphatic heterocycles. The molecule has 1 nitrogen and oxygen atoms in total. The third-order valence-electron chi connectivity index (χ3n) is 4.05. The van der Waals surface area contributed by atoms with E-state index in [4.69, 9.17) is 0 Å². The number of rotatable bonds is 3. The third kappa shape index (κ3) is 4.08. The van der Waals surface area contributed by atoms with Gasteiger partial charge in [0, 0.05) is 12.1 Å². The van der Waals surface area contributed by atoms with Crippen LogP contribution in [-0.4, -0.2) is 12.1 Å². The predicted molar refractivity (Wildman–Crippen MR) is 72.6 cm³/mol. The van der Waals surface area contributed by atoms with E-state index in [0.29, 0.717) is 22.9 Å². The Balaban J connectivity index is 2.61. The molecule has 0 bridgehead atoms. The lowest BCUT2D eigenvalue weighted by atomic mass is 9.63. The van der Waals surface area contributed by atoms with Crippen molar-refractivity contribution in [2.45, 2.75) is 79.8 Å². The zero-order valence-electron chi connectivity index (χ0n) is 12.4. The highest BCUT2D eigenvalue weighted by molar-refractivity contribution is 4.93. The van der Waals surface area contributed by atoms with E-state index >= 15 is 0 Å². The molecular weight excluding hydrogens is 194 g/mol. The Labute approximate surface area is 102 Å². The molecule has 0 aromatic rings. The van der Waals surface area contributed by atoms with Gasteiger partial charge in [-0.05, 0) is 42.9 Å². The SMILES string of the molecule is CC(C)C(C)NC1CC(C)(C)CC(C)(C)C1. The summed E-state index contributed by atoms with van der Waals surface area (Å²) in [5.74, 6) is 0.730. The summed E-state index contributed by atoms with van der Waals surface area (Å²) >= 11 is 0. The van der Waals surface area contributed by atoms with Crippen molar-refractivity contribution in [2.24, 2.45) is 16.7 Å². The summed E-state index contributed by atoms with van der Waals surface area (Å²) < 4.78 is 0. The van der Waals surface area contributed by atoms with E-state index in [-0.39, 0.29) is 0 Å². The minimum absolute atomic E-state index is 0.496. The Morgan fingerprint density at radius 3 is 1.75 bits per heavy atom. The second-order valence-corrected chi connectivity index (χ2v) is 7.81. The van der Waals surface area contributed by atoms with E-state index in [9.17, 15) is 0 Å². The average Bonchev–Trinajstić information content (AvgIpc) is 1.96. The summed E-state index contributed by atoms with van der Waals surface area (Å²) in [5.41, 5.74) is 0.992. The van der Waals surface area contributed by atoms with Crippen LogP contribution in [0.15, 0.2) is 0 Å². The minimum Gasteiger partial charge on any atom is -0.311 e. The van der Waals surface area contributed by atoms with Crippen molar-refractivity contribution in [1.29, 1.82) is 0 Å². The standard InChI is InChI=1S/C15H31N/c1-11(2)12(3)16-13-8-14(4,5)10-15(6,7)9-13/h11-13,16H,8-10H2,1-7H3. The highest BCUT2D eigenvalue weighted by Crippen LogP contribution is 2.45. The normalized spacial score (nSPS) is 27.0. The van der Waals surface area contributed by atoms with Crippen LogP contribution < -0.4 is 5.32 Å². The van der Waals surface area contributed by atoms with Crippen LogP contribution in [0.3, 0.4) is 0 Å². The van der Waals surface area contributed by atoms with Crippen LogP contribution in [0.2, 0.25) is 0 Å². The number of nitrogens with one attached hydrogen (secondary N) is 1. The zero-order valence-corrected chi connectivity index (χ0v) is 12.4. The molecule has 0 aromatic heterocycles. The number of hydrogen-bond donors (Lipinski definition) is 1. The van der Waals surface area contributed by atoms with Gasteiger partial charge in [0.25, 0.3) is 0 Å². The van der Waals surface area contributed by atoms with Gasteiger partial charge in [0.05, 0.1) is 0 Å². The molecule has 1 fully saturated rings. The van der Waals surface area contributed by atoms with E-state index < -0.39 is 0 Å². The summed E-state index contributed by atoms with van der Waals surface area (Å²) in [4.78, 5) is 0. The maximum atomic E-state index is 3.83. The minimum atomic E-state index is 0.496. The molecule has 1 saturated carbocycles. The van der Waals surface area contributed by atoms with Crippen molar-refractivity contribution >= 4 is 0 Å². The highest BCUT2D eigenvalue weighted by atomic mass is 15.0. The zero-order chi connectivity index (χ0) is 12.6. The van der Waals surface area contributed by atoms with Gasteiger partial charge in [-0.3, -0.25) is 0 Å². The maximum absolute atomic E-state index is 3.83. The van der Waals surface area contributed by atoms with E-state index in [2.05, 4.69) is 53.8 Å². The lowest BCUT2D eigenvalue weighted by Gasteiger charge is -2.46. The molecule has 0 amide bonds. The van der Waals surface area contributed by atoms with Crippen LogP contribution in [0.25, 0.3) is 0 Å². The van der Waals surface area contributed by atoms with Gasteiger partial charge >= 0.3 is 0 Å². The predicted octanol–water partition coefficient (Wildman–Crippen LogP) is 4.23. The topological polar surface area (TPSA) is 12.0 Å². The van der Waals surface area contributed by atoms with Gasteiger partial charge in [-0.15, -0.1) is 0 Å². The summed E-state index contributed by atoms with van der Waals surface area (Å²) in [7, 11) is 0. The summed E-state index contributed by atoms with van der Waals surface area (Å²) in [6.45, 7) is 16.6. The molecule has 1 rings (SSSR count). The van der Waals surface area contributed by atoms with Crippen LogP contribution in [0.5, 0.6) is 0 Å². The Kier molecular flexibility index (Phi) is 4.10. The summed E-state index contributed by atoms with van der Waals surface area (Å²) in [6.07, 6.45) is 4.01. The van der Waals surface area contributed by atoms with E-state index in [1.807, 2.05) is 0 Å². The molecule has 0 heterocycles. The van der Waals surface area contributed by atoms with Gasteiger partial charge in [-0.2, -0.15) is 0 Å². The Hall–Kier alpha value is -0.0400. The Morgan fingerprint density at radius 2 is 1.38 bits per heavy atom. The van der Waals surface area contributed by atoms with E-state index in [1.54, 1.807) is 0 Å². The molecule has 1 aliphatic carbocycles. The lowest BCUT2D eigenvalue weighted by molar-refractivity contribution is 0.0784. The molecule has 0 spiro atoms. The van der Waals surface area contributed by atoms with Crippen molar-refractivity contribution in [2.75, 3.05) is 0 Å². The first-order chi connectivity index (χ1) is 7.11. The van der Waals surface area contributed by atoms with Gasteiger partial charge in [-0.1, -0.05) is 41.5 Å². The molecule has 1 N–H and O–H groups in total. The fourth-order valence-corrected chi connectivity index (χ4v) is 3.53. The van der Waals surface area contributed by atoms with Crippen molar-refractivity contribution in [3.05, 3.63) is 0 Å². The fraction of sp³-hybridized carbons (Fsp3) is 1.00. The van der Waals surface area contributed by atoms with Gasteiger partial charge in [0.1, 0.15) is 0 Å². The number of hydrogen-bond acceptors (Lipinski definition) is 1. The molecule has 1 unspecified atom stereocenters. The van der Waals surface area contributed by atoms with Gasteiger partial charge in [0.15, 0.2) is 0 Å². The summed E-state index contributed by atoms with van der Waals surface area (Å²) in [6, 6.07) is 1.34. The largest absolute Gasteiger partial charge is 0.311 e. The monoisotopic (exact) mass is 225 g/mol. The average molecular weight is 225 g/mol. The molecule has 16 heavy (non-hydrogen) atoms. The first-order valence-electron chi connectivity index (χ1n) is 6.87. The summed E-state index contributed by atoms with van der Waals surface area (Å²) in [5, 5.41) is 3.83. The maximum Gasteiger partial charge on any atom is 0.00798 e. The Bertz CT molecular complexity index is 212. The third-order valence-corrected chi connectivity index (χ3v) is 4.05. The van der Waals surface area contributed by atoms with Gasteiger partial charge in [0.2, 0.25) is 0 Å². The molecule has 0 aromatic carbocycles. The lowest BCUT2D eigenvalue weighted by Crippen LogP contribution is -2.48. The molecule has 0 radical (unpaired) electrons. The van der Waals surface area contributed by atoms with Crippen LogP contribution >= 0.6 is 0 Å². The van der Waals surface area contributed by atoms with Crippen LogP contribution in [0.1, 0.15) is 67.7 Å². The highest BCUT2D eigenvalue weighted by Gasteiger charge is 2.38. The smallest absolute Gasteiger partial charge is 0.00798 e. The van der Waals surface area contributed by atoms with Crippen LogP contribution in [0.4, 0.5) is 0 Å². The van der Waals surface area contributed by atoms with Gasteiger partial charge < -0.3 is 5.32 Å². The molecule has 96 valence electrons. The molecule has 1 aliphatic rings. The van der Waals surface area contributed by atoms with Crippen molar-refractivity contribution in [1.82, 2.24) is 5.32 Å². The van der Waals surface area contributed by atoms with Crippen LogP contribution in [0, 0.1) is 16.7 Å². The first kappa shape index (κ1) is 14.0. The second-order valence-electron chi connectivity index (χ2n) is 7.81. The molecule has 0 saturated heterocycles. The van der Waals surface area contributed by atoms with E-state index in [1.165, 1.54) is 19.3 Å². The van der Waals surface area contributed by atoms with Crippen LogP contribution in [-0.2, 0) is 0 Å². The molecule has 1 atom stereocenters. The fourth-order valence-electron chi connectivity index (χ4n) is 3.53. The Morgan fingerprint density at radius 1 is 0.938 bits per heavy atom. The van der Waals surface area contributed by atoms with Crippen molar-refractivity contribution in [3.63, 3.8) is 0 Å². The van der Waals surface area contributed by atoms with E-state index in [0.717, 1.165) is 5.92 Å². The van der Waals surface area contributed by atoms with Crippen molar-refractivity contribution < 1.29 is 0 Å². The van der Waals surface area contributed by atoms with Gasteiger partial charge in [-0.25, -0.2) is 0 Å². The molecule has 1 heteroatoms. The first-order valence-corrected chi connectivity index (χ1v) is 6.87.